The first-order chi connectivity index (χ1) is 7.33. The minimum Gasteiger partial charge on any atom is -0.396 e. The van der Waals surface area contributed by atoms with E-state index < -0.39 is 0 Å². The van der Waals surface area contributed by atoms with Gasteiger partial charge in [0, 0.05) is 13.2 Å². The first kappa shape index (κ1) is 10.4. The second-order valence-corrected chi connectivity index (χ2v) is 4.49. The van der Waals surface area contributed by atoms with E-state index in [4.69, 9.17) is 5.11 Å². The Morgan fingerprint density at radius 2 is 2.07 bits per heavy atom. The van der Waals surface area contributed by atoms with Gasteiger partial charge in [-0.1, -0.05) is 23.7 Å². The molecule has 4 heteroatoms. The zero-order valence-corrected chi connectivity index (χ0v) is 9.17. The Morgan fingerprint density at radius 3 is 2.80 bits per heavy atom. The molecule has 0 saturated carbocycles. The summed E-state index contributed by atoms with van der Waals surface area (Å²) in [7, 11) is 0. The van der Waals surface area contributed by atoms with Crippen LogP contribution in [0.15, 0.2) is 29.1 Å². The van der Waals surface area contributed by atoms with Gasteiger partial charge in [-0.15, -0.1) is 0 Å². The van der Waals surface area contributed by atoms with E-state index in [1.807, 2.05) is 24.3 Å². The largest absolute Gasteiger partial charge is 0.396 e. The quantitative estimate of drug-likeness (QED) is 0.804. The average molecular weight is 223 g/mol. The molecular weight excluding hydrogens is 210 g/mol. The molecule has 0 radical (unpaired) electrons. The van der Waals surface area contributed by atoms with E-state index in [9.17, 15) is 4.79 Å². The molecule has 0 bridgehead atoms. The van der Waals surface area contributed by atoms with E-state index in [1.165, 1.54) is 11.5 Å². The molecule has 80 valence electrons. The number of fused-ring (bicyclic) bond motifs is 1. The molecule has 0 fully saturated rings. The maximum absolute atomic E-state index is 11.8. The van der Waals surface area contributed by atoms with Crippen LogP contribution < -0.4 is 5.56 Å². The summed E-state index contributed by atoms with van der Waals surface area (Å²) in [5.41, 5.74) is 0.0912. The molecule has 0 spiro atoms. The number of hydrogen-bond donors (Lipinski definition) is 1. The molecule has 0 aliphatic carbocycles. The van der Waals surface area contributed by atoms with Gasteiger partial charge in [-0.2, -0.15) is 0 Å². The Bertz CT molecular complexity index is 501. The number of aliphatic hydroxyl groups excluding tert-OH is 1. The summed E-state index contributed by atoms with van der Waals surface area (Å²) in [5.74, 6) is 0. The minimum absolute atomic E-state index is 0.0912. The van der Waals surface area contributed by atoms with Crippen molar-refractivity contribution in [1.82, 2.24) is 3.96 Å². The lowest BCUT2D eigenvalue weighted by atomic mass is 10.3. The van der Waals surface area contributed by atoms with Crippen LogP contribution in [0.3, 0.4) is 0 Å². The van der Waals surface area contributed by atoms with Crippen LogP contribution in [-0.2, 0) is 6.54 Å². The number of benzene rings is 1. The predicted molar refractivity (Wildman–Crippen MR) is 62.4 cm³/mol. The van der Waals surface area contributed by atoms with Crippen LogP contribution in [-0.4, -0.2) is 15.7 Å². The number of nitrogens with zero attached hydrogens (tertiary/aromatic N) is 1. The summed E-state index contributed by atoms with van der Waals surface area (Å²) in [6.07, 6.45) is 1.60. The molecule has 0 saturated heterocycles. The third-order valence-electron chi connectivity index (χ3n) is 2.32. The highest BCUT2D eigenvalue weighted by Gasteiger charge is 2.05. The normalized spacial score (nSPS) is 11.0. The lowest BCUT2D eigenvalue weighted by molar-refractivity contribution is 0.282. The molecule has 1 aromatic heterocycles. The van der Waals surface area contributed by atoms with Crippen molar-refractivity contribution >= 4 is 21.6 Å². The van der Waals surface area contributed by atoms with Crippen LogP contribution in [0.25, 0.3) is 10.1 Å². The number of hydrogen-bond acceptors (Lipinski definition) is 3. The topological polar surface area (TPSA) is 42.2 Å². The fourth-order valence-corrected chi connectivity index (χ4v) is 2.56. The highest BCUT2D eigenvalue weighted by atomic mass is 32.1. The summed E-state index contributed by atoms with van der Waals surface area (Å²) < 4.78 is 2.80. The number of unbranched alkanes of at least 4 members (excludes halogenated alkanes) is 1. The molecular formula is C11H13NO2S. The van der Waals surface area contributed by atoms with Crippen molar-refractivity contribution in [1.29, 1.82) is 0 Å². The summed E-state index contributed by atoms with van der Waals surface area (Å²) in [6, 6.07) is 7.64. The molecule has 0 aliphatic rings. The Balaban J connectivity index is 2.28. The molecule has 0 amide bonds. The molecule has 1 aromatic carbocycles. The van der Waals surface area contributed by atoms with Crippen LogP contribution in [0.1, 0.15) is 12.8 Å². The summed E-state index contributed by atoms with van der Waals surface area (Å²) in [6.45, 7) is 0.901. The summed E-state index contributed by atoms with van der Waals surface area (Å²) in [5, 5.41) is 9.47. The first-order valence-corrected chi connectivity index (χ1v) is 5.80. The van der Waals surface area contributed by atoms with Gasteiger partial charge in [-0.3, -0.25) is 8.75 Å². The fourth-order valence-electron chi connectivity index (χ4n) is 1.53. The molecule has 15 heavy (non-hydrogen) atoms. The molecule has 0 unspecified atom stereocenters. The van der Waals surface area contributed by atoms with E-state index in [0.717, 1.165) is 22.9 Å². The van der Waals surface area contributed by atoms with Crippen molar-refractivity contribution in [3.05, 3.63) is 34.6 Å². The van der Waals surface area contributed by atoms with Crippen molar-refractivity contribution in [2.24, 2.45) is 0 Å². The van der Waals surface area contributed by atoms with E-state index in [-0.39, 0.29) is 12.2 Å². The Morgan fingerprint density at radius 1 is 1.27 bits per heavy atom. The molecule has 0 atom stereocenters. The number of aromatic nitrogens is 1. The SMILES string of the molecule is O=c1c2ccccc2sn1CCCCO. The lowest BCUT2D eigenvalue weighted by Gasteiger charge is -1.97. The molecule has 1 heterocycles. The Kier molecular flexibility index (Phi) is 3.18. The van der Waals surface area contributed by atoms with Gasteiger partial charge in [0.2, 0.25) is 0 Å². The first-order valence-electron chi connectivity index (χ1n) is 5.02. The molecule has 1 N–H and O–H groups in total. The zero-order valence-electron chi connectivity index (χ0n) is 8.35. The fraction of sp³-hybridized carbons (Fsp3) is 0.364. The minimum atomic E-state index is 0.0912. The van der Waals surface area contributed by atoms with Gasteiger partial charge in [0.25, 0.3) is 5.56 Å². The van der Waals surface area contributed by atoms with Crippen molar-refractivity contribution in [3.63, 3.8) is 0 Å². The molecule has 0 aliphatic heterocycles. The van der Waals surface area contributed by atoms with Gasteiger partial charge in [0.1, 0.15) is 0 Å². The van der Waals surface area contributed by atoms with E-state index >= 15 is 0 Å². The van der Waals surface area contributed by atoms with E-state index in [1.54, 1.807) is 3.96 Å². The van der Waals surface area contributed by atoms with E-state index in [2.05, 4.69) is 0 Å². The molecule has 2 aromatic rings. The number of aliphatic hydroxyl groups is 1. The summed E-state index contributed by atoms with van der Waals surface area (Å²) >= 11 is 1.50. The zero-order chi connectivity index (χ0) is 10.7. The number of aryl methyl sites for hydroxylation is 1. The lowest BCUT2D eigenvalue weighted by Crippen LogP contribution is -2.13. The van der Waals surface area contributed by atoms with Gasteiger partial charge in [-0.05, 0) is 25.0 Å². The van der Waals surface area contributed by atoms with Gasteiger partial charge >= 0.3 is 0 Å². The second kappa shape index (κ2) is 4.59. The Hall–Kier alpha value is -1.13. The third-order valence-corrected chi connectivity index (χ3v) is 3.44. The highest BCUT2D eigenvalue weighted by Crippen LogP contribution is 2.16. The van der Waals surface area contributed by atoms with Gasteiger partial charge < -0.3 is 5.11 Å². The molecule has 3 nitrogen and oxygen atoms in total. The van der Waals surface area contributed by atoms with Crippen LogP contribution in [0.2, 0.25) is 0 Å². The number of rotatable bonds is 4. The van der Waals surface area contributed by atoms with Crippen molar-refractivity contribution < 1.29 is 5.11 Å². The van der Waals surface area contributed by atoms with Crippen LogP contribution in [0, 0.1) is 0 Å². The van der Waals surface area contributed by atoms with E-state index in [0.29, 0.717) is 6.54 Å². The van der Waals surface area contributed by atoms with Crippen LogP contribution in [0.5, 0.6) is 0 Å². The smallest absolute Gasteiger partial charge is 0.268 e. The predicted octanol–water partition coefficient (Wildman–Crippen LogP) is 1.84. The van der Waals surface area contributed by atoms with Gasteiger partial charge in [0.15, 0.2) is 0 Å². The Labute approximate surface area is 91.7 Å². The second-order valence-electron chi connectivity index (χ2n) is 3.43. The highest BCUT2D eigenvalue weighted by molar-refractivity contribution is 7.13. The van der Waals surface area contributed by atoms with Gasteiger partial charge in [-0.25, -0.2) is 0 Å². The molecule has 2 rings (SSSR count). The maximum Gasteiger partial charge on any atom is 0.268 e. The van der Waals surface area contributed by atoms with Crippen molar-refractivity contribution in [2.45, 2.75) is 19.4 Å². The van der Waals surface area contributed by atoms with Gasteiger partial charge in [0.05, 0.1) is 10.1 Å². The van der Waals surface area contributed by atoms with Crippen LogP contribution >= 0.6 is 11.5 Å². The van der Waals surface area contributed by atoms with Crippen molar-refractivity contribution in [2.75, 3.05) is 6.61 Å². The monoisotopic (exact) mass is 223 g/mol. The standard InChI is InChI=1S/C11H13NO2S/c13-8-4-3-7-12-11(14)9-5-1-2-6-10(9)15-12/h1-2,5-6,13H,3-4,7-8H2. The third kappa shape index (κ3) is 2.11. The summed E-state index contributed by atoms with van der Waals surface area (Å²) in [4.78, 5) is 11.8. The van der Waals surface area contributed by atoms with Crippen LogP contribution in [0.4, 0.5) is 0 Å². The average Bonchev–Trinajstić information content (AvgIpc) is 2.57. The van der Waals surface area contributed by atoms with Crippen molar-refractivity contribution in [3.8, 4) is 0 Å². The maximum atomic E-state index is 11.8.